The van der Waals surface area contributed by atoms with Crippen molar-refractivity contribution in [3.05, 3.63) is 56.7 Å². The Morgan fingerprint density at radius 3 is 2.76 bits per heavy atom. The van der Waals surface area contributed by atoms with Gasteiger partial charge in [-0.15, -0.1) is 0 Å². The van der Waals surface area contributed by atoms with Crippen LogP contribution in [0.2, 0.25) is 5.02 Å². The van der Waals surface area contributed by atoms with Crippen LogP contribution < -0.4 is 11.1 Å². The van der Waals surface area contributed by atoms with E-state index in [2.05, 4.69) is 10.3 Å². The monoisotopic (exact) mass is 306 g/mol. The molecule has 21 heavy (non-hydrogen) atoms. The second-order valence-electron chi connectivity index (χ2n) is 4.27. The minimum Gasteiger partial charge on any atom is -0.392 e. The van der Waals surface area contributed by atoms with E-state index in [1.165, 1.54) is 6.07 Å². The lowest BCUT2D eigenvalue weighted by Crippen LogP contribution is -2.14. The van der Waals surface area contributed by atoms with E-state index in [4.69, 9.17) is 17.3 Å². The molecule has 0 bridgehead atoms. The summed E-state index contributed by atoms with van der Waals surface area (Å²) in [5.74, 6) is -0.214. The number of nitrogens with two attached hydrogens (primary N) is 1. The summed E-state index contributed by atoms with van der Waals surface area (Å²) >= 11 is 5.81. The molecule has 0 saturated carbocycles. The van der Waals surface area contributed by atoms with E-state index < -0.39 is 16.5 Å². The molecule has 0 fully saturated rings. The van der Waals surface area contributed by atoms with E-state index in [9.17, 15) is 14.9 Å². The molecule has 8 heteroatoms. The number of nitrogens with one attached hydrogen (secondary N) is 1. The third-order valence-electron chi connectivity index (χ3n) is 2.70. The van der Waals surface area contributed by atoms with Crippen molar-refractivity contribution in [2.75, 3.05) is 11.1 Å². The number of rotatable bonds is 3. The van der Waals surface area contributed by atoms with Gasteiger partial charge in [0.1, 0.15) is 11.5 Å². The number of hydrogen-bond donors (Lipinski definition) is 2. The van der Waals surface area contributed by atoms with Gasteiger partial charge in [0.2, 0.25) is 0 Å². The first-order chi connectivity index (χ1) is 9.88. The van der Waals surface area contributed by atoms with Crippen molar-refractivity contribution in [2.24, 2.45) is 0 Å². The number of hydrogen-bond acceptors (Lipinski definition) is 5. The Balaban J connectivity index is 2.33. The highest BCUT2D eigenvalue weighted by molar-refractivity contribution is 6.34. The van der Waals surface area contributed by atoms with Crippen molar-refractivity contribution in [1.82, 2.24) is 4.98 Å². The zero-order chi connectivity index (χ0) is 15.6. The van der Waals surface area contributed by atoms with Gasteiger partial charge in [0.15, 0.2) is 0 Å². The smallest absolute Gasteiger partial charge is 0.294 e. The van der Waals surface area contributed by atoms with Gasteiger partial charge >= 0.3 is 0 Å². The molecule has 0 saturated heterocycles. The molecular weight excluding hydrogens is 296 g/mol. The van der Waals surface area contributed by atoms with Gasteiger partial charge in [-0.25, -0.2) is 4.98 Å². The molecule has 0 spiro atoms. The van der Waals surface area contributed by atoms with Crippen molar-refractivity contribution < 1.29 is 9.72 Å². The van der Waals surface area contributed by atoms with Crippen LogP contribution in [0.4, 0.5) is 17.2 Å². The van der Waals surface area contributed by atoms with E-state index in [0.29, 0.717) is 5.82 Å². The standard InChI is InChI=1S/C13H11ClN4O3/c1-7-3-2-4-11(16-7)17-13(19)8-5-9(14)12(15)10(6-8)18(20)21/h2-6H,15H2,1H3,(H,16,17,19). The number of carbonyl (C=O) groups excluding carboxylic acids is 1. The number of aromatic nitrogens is 1. The summed E-state index contributed by atoms with van der Waals surface area (Å²) in [6.45, 7) is 1.78. The van der Waals surface area contributed by atoms with E-state index in [1.807, 2.05) is 0 Å². The number of nitrogens with zero attached hydrogens (tertiary/aromatic N) is 2. The summed E-state index contributed by atoms with van der Waals surface area (Å²) in [7, 11) is 0. The van der Waals surface area contributed by atoms with Crippen LogP contribution in [0.25, 0.3) is 0 Å². The number of pyridine rings is 1. The summed E-state index contributed by atoms with van der Waals surface area (Å²) in [6, 6.07) is 7.47. The van der Waals surface area contributed by atoms with Crippen molar-refractivity contribution in [2.45, 2.75) is 6.92 Å². The van der Waals surface area contributed by atoms with Gasteiger partial charge in [-0.05, 0) is 25.1 Å². The van der Waals surface area contributed by atoms with Crippen molar-refractivity contribution in [3.8, 4) is 0 Å². The normalized spacial score (nSPS) is 10.2. The van der Waals surface area contributed by atoms with Gasteiger partial charge in [-0.2, -0.15) is 0 Å². The van der Waals surface area contributed by atoms with Gasteiger partial charge in [0.25, 0.3) is 11.6 Å². The highest BCUT2D eigenvalue weighted by atomic mass is 35.5. The van der Waals surface area contributed by atoms with Crippen LogP contribution in [0, 0.1) is 17.0 Å². The number of anilines is 2. The molecule has 0 radical (unpaired) electrons. The molecule has 2 rings (SSSR count). The SMILES string of the molecule is Cc1cccc(NC(=O)c2cc(Cl)c(N)c([N+](=O)[O-])c2)n1. The first-order valence-corrected chi connectivity index (χ1v) is 6.24. The molecule has 0 unspecified atom stereocenters. The van der Waals surface area contributed by atoms with Gasteiger partial charge in [-0.3, -0.25) is 14.9 Å². The van der Waals surface area contributed by atoms with Gasteiger partial charge < -0.3 is 11.1 Å². The Morgan fingerprint density at radius 2 is 2.14 bits per heavy atom. The van der Waals surface area contributed by atoms with Gasteiger partial charge in [0, 0.05) is 17.3 Å². The van der Waals surface area contributed by atoms with E-state index >= 15 is 0 Å². The first kappa shape index (κ1) is 14.7. The number of aryl methyl sites for hydroxylation is 1. The van der Waals surface area contributed by atoms with E-state index in [-0.39, 0.29) is 16.3 Å². The van der Waals surface area contributed by atoms with Crippen LogP contribution in [0.3, 0.4) is 0 Å². The molecule has 1 heterocycles. The topological polar surface area (TPSA) is 111 Å². The molecule has 0 aliphatic rings. The number of nitrogen functional groups attached to an aromatic ring is 1. The number of amides is 1. The molecule has 1 amide bonds. The van der Waals surface area contributed by atoms with Crippen molar-refractivity contribution in [3.63, 3.8) is 0 Å². The molecule has 0 atom stereocenters. The van der Waals surface area contributed by atoms with E-state index in [1.54, 1.807) is 25.1 Å². The third kappa shape index (κ3) is 3.26. The minimum absolute atomic E-state index is 0.0317. The first-order valence-electron chi connectivity index (χ1n) is 5.87. The molecule has 1 aromatic heterocycles. The minimum atomic E-state index is -0.692. The molecule has 0 aliphatic carbocycles. The lowest BCUT2D eigenvalue weighted by molar-refractivity contribution is -0.383. The lowest BCUT2D eigenvalue weighted by Gasteiger charge is -2.07. The molecule has 7 nitrogen and oxygen atoms in total. The van der Waals surface area contributed by atoms with Gasteiger partial charge in [-0.1, -0.05) is 17.7 Å². The maximum Gasteiger partial charge on any atom is 0.294 e. The predicted octanol–water partition coefficient (Wildman–Crippen LogP) is 2.79. The fraction of sp³-hybridized carbons (Fsp3) is 0.0769. The molecule has 0 aliphatic heterocycles. The quantitative estimate of drug-likeness (QED) is 0.514. The molecule has 1 aromatic carbocycles. The maximum absolute atomic E-state index is 12.1. The number of nitro benzene ring substituents is 1. The summed E-state index contributed by atoms with van der Waals surface area (Å²) in [4.78, 5) is 26.4. The molecule has 3 N–H and O–H groups in total. The molecular formula is C13H11ClN4O3. The summed E-state index contributed by atoms with van der Waals surface area (Å²) in [5.41, 5.74) is 5.68. The highest BCUT2D eigenvalue weighted by Gasteiger charge is 2.19. The number of carbonyl (C=O) groups is 1. The second kappa shape index (κ2) is 5.76. The molecule has 2 aromatic rings. The Labute approximate surface area is 124 Å². The zero-order valence-corrected chi connectivity index (χ0v) is 11.7. The Morgan fingerprint density at radius 1 is 1.43 bits per heavy atom. The second-order valence-corrected chi connectivity index (χ2v) is 4.67. The Hall–Kier alpha value is -2.67. The summed E-state index contributed by atoms with van der Waals surface area (Å²) < 4.78 is 0. The van der Waals surface area contributed by atoms with Crippen molar-refractivity contribution in [1.29, 1.82) is 0 Å². The average molecular weight is 307 g/mol. The maximum atomic E-state index is 12.1. The number of halogens is 1. The third-order valence-corrected chi connectivity index (χ3v) is 3.01. The predicted molar refractivity (Wildman–Crippen MR) is 79.4 cm³/mol. The zero-order valence-electron chi connectivity index (χ0n) is 11.0. The summed E-state index contributed by atoms with van der Waals surface area (Å²) in [5, 5.41) is 13.4. The highest BCUT2D eigenvalue weighted by Crippen LogP contribution is 2.31. The van der Waals surface area contributed by atoms with Gasteiger partial charge in [0.05, 0.1) is 9.95 Å². The summed E-state index contributed by atoms with van der Waals surface area (Å²) in [6.07, 6.45) is 0. The fourth-order valence-electron chi connectivity index (χ4n) is 1.69. The van der Waals surface area contributed by atoms with Crippen LogP contribution in [0.15, 0.2) is 30.3 Å². The molecule has 108 valence electrons. The average Bonchev–Trinajstić information content (AvgIpc) is 2.41. The van der Waals surface area contributed by atoms with E-state index in [0.717, 1.165) is 11.8 Å². The number of nitro groups is 1. The fourth-order valence-corrected chi connectivity index (χ4v) is 1.90. The van der Waals surface area contributed by atoms with Crippen LogP contribution in [-0.4, -0.2) is 15.8 Å². The van der Waals surface area contributed by atoms with Crippen LogP contribution in [-0.2, 0) is 0 Å². The largest absolute Gasteiger partial charge is 0.392 e. The Kier molecular flexibility index (Phi) is 4.04. The van der Waals surface area contributed by atoms with Crippen LogP contribution >= 0.6 is 11.6 Å². The van der Waals surface area contributed by atoms with Crippen LogP contribution in [0.5, 0.6) is 0 Å². The van der Waals surface area contributed by atoms with Crippen LogP contribution in [0.1, 0.15) is 16.1 Å². The Bertz CT molecular complexity index is 733. The number of benzene rings is 1. The van der Waals surface area contributed by atoms with Crippen molar-refractivity contribution >= 4 is 34.7 Å². The lowest BCUT2D eigenvalue weighted by atomic mass is 10.1.